The van der Waals surface area contributed by atoms with Crippen LogP contribution in [-0.4, -0.2) is 41.0 Å². The molecule has 0 atom stereocenters. The summed E-state index contributed by atoms with van der Waals surface area (Å²) >= 11 is 0. The number of likely N-dealkylation sites (tertiary alicyclic amines) is 1. The molecule has 0 saturated carbocycles. The number of anilines is 1. The lowest BCUT2D eigenvalue weighted by molar-refractivity contribution is 0.224. The number of fused-ring (bicyclic) bond motifs is 1. The van der Waals surface area contributed by atoms with Gasteiger partial charge < -0.3 is 10.2 Å². The highest BCUT2D eigenvalue weighted by molar-refractivity contribution is 5.50. The Kier molecular flexibility index (Phi) is 6.41. The van der Waals surface area contributed by atoms with E-state index in [0.717, 1.165) is 35.2 Å². The first-order chi connectivity index (χ1) is 11.8. The minimum absolute atomic E-state index is 0.835. The van der Waals surface area contributed by atoms with Crippen molar-refractivity contribution in [1.29, 1.82) is 0 Å². The van der Waals surface area contributed by atoms with Gasteiger partial charge in [-0.25, -0.2) is 9.97 Å². The Morgan fingerprint density at radius 1 is 1.08 bits per heavy atom. The van der Waals surface area contributed by atoms with Gasteiger partial charge >= 0.3 is 0 Å². The first-order valence-electron chi connectivity index (χ1n) is 9.51. The monoisotopic (exact) mass is 326 g/mol. The van der Waals surface area contributed by atoms with Crippen LogP contribution < -0.4 is 15.9 Å². The lowest BCUT2D eigenvalue weighted by Crippen LogP contribution is -2.33. The van der Waals surface area contributed by atoms with Crippen LogP contribution in [0.4, 0.5) is 5.82 Å². The predicted molar refractivity (Wildman–Crippen MR) is 101 cm³/mol. The Hall–Kier alpha value is -1.68. The number of nitrogens with zero attached hydrogens (tertiary/aromatic N) is 3. The molecule has 1 aliphatic heterocycles. The number of aryl methyl sites for hydroxylation is 1. The topological polar surface area (TPSA) is 41.1 Å². The third-order valence-electron chi connectivity index (χ3n) is 4.83. The predicted octanol–water partition coefficient (Wildman–Crippen LogP) is 2.37. The Morgan fingerprint density at radius 2 is 1.96 bits per heavy atom. The zero-order valence-corrected chi connectivity index (χ0v) is 14.9. The Morgan fingerprint density at radius 3 is 2.83 bits per heavy atom. The molecule has 0 radical (unpaired) electrons. The summed E-state index contributed by atoms with van der Waals surface area (Å²) < 4.78 is 0. The van der Waals surface area contributed by atoms with Gasteiger partial charge in [-0.1, -0.05) is 31.1 Å². The Balaban J connectivity index is 1.46. The highest BCUT2D eigenvalue weighted by atomic mass is 15.1. The molecular weight excluding hydrogens is 296 g/mol. The van der Waals surface area contributed by atoms with Crippen molar-refractivity contribution < 1.29 is 0 Å². The van der Waals surface area contributed by atoms with Crippen LogP contribution in [0.25, 0.3) is 12.2 Å². The van der Waals surface area contributed by atoms with Crippen molar-refractivity contribution in [2.45, 2.75) is 51.9 Å². The van der Waals surface area contributed by atoms with Crippen LogP contribution in [0.5, 0.6) is 0 Å². The van der Waals surface area contributed by atoms with Gasteiger partial charge in [-0.2, -0.15) is 0 Å². The fraction of sp³-hybridized carbons (Fsp3) is 0.600. The van der Waals surface area contributed by atoms with Crippen LogP contribution >= 0.6 is 0 Å². The number of aromatic nitrogens is 2. The average molecular weight is 326 g/mol. The van der Waals surface area contributed by atoms with E-state index in [1.165, 1.54) is 58.2 Å². The van der Waals surface area contributed by atoms with Gasteiger partial charge in [0.25, 0.3) is 0 Å². The van der Waals surface area contributed by atoms with E-state index in [-0.39, 0.29) is 0 Å². The summed E-state index contributed by atoms with van der Waals surface area (Å²) in [5.74, 6) is 1.83. The van der Waals surface area contributed by atoms with Crippen molar-refractivity contribution in [2.24, 2.45) is 0 Å². The third-order valence-corrected chi connectivity index (χ3v) is 4.83. The number of allylic oxidation sites excluding steroid dienone is 2. The van der Waals surface area contributed by atoms with Crippen LogP contribution in [0.2, 0.25) is 0 Å². The largest absolute Gasteiger partial charge is 0.369 e. The molecule has 1 aliphatic carbocycles. The molecular formula is C20H30N4. The number of unbranched alkanes of at least 4 members (excludes halogenated alkanes) is 2. The van der Waals surface area contributed by atoms with E-state index in [1.807, 2.05) is 6.92 Å². The van der Waals surface area contributed by atoms with Gasteiger partial charge in [0.05, 0.1) is 5.35 Å². The van der Waals surface area contributed by atoms with Crippen LogP contribution in [0, 0.1) is 6.92 Å². The molecule has 2 aliphatic rings. The smallest absolute Gasteiger partial charge is 0.137 e. The van der Waals surface area contributed by atoms with Crippen LogP contribution in [-0.2, 0) is 0 Å². The van der Waals surface area contributed by atoms with E-state index in [1.54, 1.807) is 0 Å². The summed E-state index contributed by atoms with van der Waals surface area (Å²) in [6, 6.07) is 0. The summed E-state index contributed by atoms with van der Waals surface area (Å²) in [5, 5.41) is 5.72. The summed E-state index contributed by atoms with van der Waals surface area (Å²) in [5.41, 5.74) is 0. The van der Waals surface area contributed by atoms with Gasteiger partial charge in [0.2, 0.25) is 0 Å². The number of piperidine rings is 1. The van der Waals surface area contributed by atoms with Gasteiger partial charge in [0.1, 0.15) is 11.6 Å². The molecule has 3 rings (SSSR count). The van der Waals surface area contributed by atoms with Crippen molar-refractivity contribution in [3.8, 4) is 0 Å². The standard InChI is InChI=1S/C20H30N4/c1-17-22-19-12-6-2-5-11-18(19)20(23-17)21-13-7-3-8-14-24-15-9-4-10-16-24/h2,6,11-12H,3-5,7-10,13-16H2,1H3,(H,21,22,23). The van der Waals surface area contributed by atoms with Crippen molar-refractivity contribution in [3.63, 3.8) is 0 Å². The fourth-order valence-corrected chi connectivity index (χ4v) is 3.52. The first-order valence-corrected chi connectivity index (χ1v) is 9.51. The Labute approximate surface area is 145 Å². The molecule has 0 amide bonds. The van der Waals surface area contributed by atoms with Gasteiger partial charge in [0.15, 0.2) is 0 Å². The van der Waals surface area contributed by atoms with Gasteiger partial charge in [-0.3, -0.25) is 0 Å². The zero-order valence-electron chi connectivity index (χ0n) is 14.9. The minimum atomic E-state index is 0.835. The quantitative estimate of drug-likeness (QED) is 0.781. The minimum Gasteiger partial charge on any atom is -0.369 e. The second-order valence-corrected chi connectivity index (χ2v) is 6.84. The maximum absolute atomic E-state index is 4.61. The van der Waals surface area contributed by atoms with Crippen molar-refractivity contribution >= 4 is 18.0 Å². The average Bonchev–Trinajstić information content (AvgIpc) is 2.84. The van der Waals surface area contributed by atoms with Crippen LogP contribution in [0.15, 0.2) is 12.2 Å². The second-order valence-electron chi connectivity index (χ2n) is 6.84. The zero-order chi connectivity index (χ0) is 16.6. The molecule has 130 valence electrons. The first kappa shape index (κ1) is 17.2. The van der Waals surface area contributed by atoms with Crippen molar-refractivity contribution in [3.05, 3.63) is 28.5 Å². The van der Waals surface area contributed by atoms with E-state index in [4.69, 9.17) is 0 Å². The van der Waals surface area contributed by atoms with E-state index >= 15 is 0 Å². The summed E-state index contributed by atoms with van der Waals surface area (Å²) in [6.07, 6.45) is 17.5. The van der Waals surface area contributed by atoms with Crippen molar-refractivity contribution in [2.75, 3.05) is 31.5 Å². The lowest BCUT2D eigenvalue weighted by atomic mass is 10.1. The molecule has 1 aromatic heterocycles. The number of hydrogen-bond donors (Lipinski definition) is 1. The maximum atomic E-state index is 4.61. The molecule has 0 unspecified atom stereocenters. The van der Waals surface area contributed by atoms with Gasteiger partial charge in [0, 0.05) is 11.8 Å². The van der Waals surface area contributed by atoms with Gasteiger partial charge in [-0.05, 0) is 64.7 Å². The van der Waals surface area contributed by atoms with Crippen LogP contribution in [0.1, 0.15) is 50.8 Å². The highest BCUT2D eigenvalue weighted by Crippen LogP contribution is 2.10. The molecule has 4 heteroatoms. The molecule has 1 aromatic rings. The molecule has 24 heavy (non-hydrogen) atoms. The SMILES string of the molecule is Cc1nc(NCCCCCN2CCCCC2)c2c(n1)=CC=CCC=2. The fourth-order valence-electron chi connectivity index (χ4n) is 3.52. The maximum Gasteiger partial charge on any atom is 0.137 e. The number of nitrogens with one attached hydrogen (secondary N) is 1. The molecule has 0 bridgehead atoms. The summed E-state index contributed by atoms with van der Waals surface area (Å²) in [4.78, 5) is 11.8. The van der Waals surface area contributed by atoms with E-state index in [9.17, 15) is 0 Å². The number of rotatable bonds is 7. The molecule has 0 spiro atoms. The molecule has 1 N–H and O–H groups in total. The third kappa shape index (κ3) is 4.91. The molecule has 1 fully saturated rings. The normalized spacial score (nSPS) is 17.5. The molecule has 2 heterocycles. The van der Waals surface area contributed by atoms with E-state index in [0.29, 0.717) is 0 Å². The summed E-state index contributed by atoms with van der Waals surface area (Å²) in [6.45, 7) is 6.85. The number of hydrogen-bond acceptors (Lipinski definition) is 4. The molecule has 4 nitrogen and oxygen atoms in total. The second kappa shape index (κ2) is 8.97. The molecule has 1 saturated heterocycles. The van der Waals surface area contributed by atoms with Gasteiger partial charge in [-0.15, -0.1) is 0 Å². The molecule has 0 aromatic carbocycles. The van der Waals surface area contributed by atoms with Crippen LogP contribution in [0.3, 0.4) is 0 Å². The van der Waals surface area contributed by atoms with E-state index < -0.39 is 0 Å². The van der Waals surface area contributed by atoms with E-state index in [2.05, 4.69) is 44.5 Å². The highest BCUT2D eigenvalue weighted by Gasteiger charge is 2.08. The lowest BCUT2D eigenvalue weighted by Gasteiger charge is -2.26. The van der Waals surface area contributed by atoms with Crippen molar-refractivity contribution in [1.82, 2.24) is 14.9 Å². The summed E-state index contributed by atoms with van der Waals surface area (Å²) in [7, 11) is 0. The Bertz CT molecular complexity index is 672.